The first-order chi connectivity index (χ1) is 16.5. The largest absolute Gasteiger partial charge is 0.507 e. The molecule has 2 rings (SSSR count). The highest BCUT2D eigenvalue weighted by Gasteiger charge is 2.13. The van der Waals surface area contributed by atoms with E-state index in [0.29, 0.717) is 23.5 Å². The normalized spacial score (nSPS) is 12.0. The summed E-state index contributed by atoms with van der Waals surface area (Å²) in [5, 5.41) is 11.2. The minimum absolute atomic E-state index is 0.537. The molecule has 2 aromatic rings. The maximum Gasteiger partial charge on any atom is 0.121 e. The first-order valence-corrected chi connectivity index (χ1v) is 14.4. The minimum Gasteiger partial charge on any atom is -0.507 e. The number of aryl methyl sites for hydroxylation is 6. The van der Waals surface area contributed by atoms with Crippen molar-refractivity contribution in [2.24, 2.45) is 23.7 Å². The fourth-order valence-electron chi connectivity index (χ4n) is 4.61. The van der Waals surface area contributed by atoms with Crippen molar-refractivity contribution in [1.82, 2.24) is 0 Å². The summed E-state index contributed by atoms with van der Waals surface area (Å²) >= 11 is 0. The van der Waals surface area contributed by atoms with E-state index in [0.717, 1.165) is 62.0 Å². The molecule has 0 atom stereocenters. The second-order valence-electron chi connectivity index (χ2n) is 12.5. The molecule has 1 N–H and O–H groups in total. The van der Waals surface area contributed by atoms with Crippen molar-refractivity contribution in [2.75, 3.05) is 0 Å². The lowest BCUT2D eigenvalue weighted by atomic mass is 9.91. The predicted octanol–water partition coefficient (Wildman–Crippen LogP) is 9.33. The van der Waals surface area contributed by atoms with E-state index in [1.54, 1.807) is 0 Å². The average molecular weight is 478 g/mol. The van der Waals surface area contributed by atoms with Gasteiger partial charge in [0.1, 0.15) is 5.75 Å². The molecule has 0 heterocycles. The Hall–Kier alpha value is -1.76. The highest BCUT2D eigenvalue weighted by Crippen LogP contribution is 2.29. The Morgan fingerprint density at radius 3 is 1.43 bits per heavy atom. The van der Waals surface area contributed by atoms with E-state index in [2.05, 4.69) is 85.7 Å². The zero-order valence-electron chi connectivity index (χ0n) is 24.1. The van der Waals surface area contributed by atoms with E-state index in [1.807, 2.05) is 0 Å². The molecule has 0 unspecified atom stereocenters. The second kappa shape index (κ2) is 14.7. The van der Waals surface area contributed by atoms with Crippen LogP contribution in [-0.4, -0.2) is 5.11 Å². The molecule has 0 fully saturated rings. The molecule has 0 aromatic heterocycles. The number of hydrogen-bond donors (Lipinski definition) is 1. The Labute approximate surface area is 217 Å². The summed E-state index contributed by atoms with van der Waals surface area (Å²) in [5.41, 5.74) is 7.77. The van der Waals surface area contributed by atoms with Crippen LogP contribution in [0, 0.1) is 29.7 Å². The van der Waals surface area contributed by atoms with E-state index < -0.39 is 0 Å². The number of aromatic hydroxyl groups is 1. The maximum absolute atomic E-state index is 11.2. The van der Waals surface area contributed by atoms with Gasteiger partial charge in [-0.25, -0.2) is 0 Å². The Morgan fingerprint density at radius 2 is 0.914 bits per heavy atom. The molecule has 1 radical (unpaired) electrons. The monoisotopic (exact) mass is 477 g/mol. The van der Waals surface area contributed by atoms with Gasteiger partial charge < -0.3 is 5.11 Å². The summed E-state index contributed by atoms with van der Waals surface area (Å²) < 4.78 is 0. The minimum atomic E-state index is 0.537. The molecular formula is C34H53O. The Kier molecular flexibility index (Phi) is 12.4. The van der Waals surface area contributed by atoms with E-state index in [-0.39, 0.29) is 0 Å². The van der Waals surface area contributed by atoms with Gasteiger partial charge in [-0.05, 0) is 127 Å². The third-order valence-corrected chi connectivity index (χ3v) is 7.03. The Balaban J connectivity index is 2.26. The molecule has 0 amide bonds. The van der Waals surface area contributed by atoms with Crippen LogP contribution in [0.25, 0.3) is 0 Å². The number of rotatable bonds is 15. The van der Waals surface area contributed by atoms with Crippen LogP contribution >= 0.6 is 0 Å². The van der Waals surface area contributed by atoms with Gasteiger partial charge in [-0.1, -0.05) is 79.7 Å². The second-order valence-corrected chi connectivity index (χ2v) is 12.5. The number of phenolic OH excluding ortho intramolecular Hbond substituents is 1. The predicted molar refractivity (Wildman–Crippen MR) is 153 cm³/mol. The number of benzene rings is 2. The molecule has 0 saturated heterocycles. The standard InChI is InChI=1S/C34H53O/c1-24(2)9-13-28-19-29(14-10-25(3)4)21-30(20-28)16-18-33-23-31(15-11-26(5)6)22-32(34(33)35)17-12-27(7)8/h19-20,22-27,35H,9-18H2,1-8H3. The van der Waals surface area contributed by atoms with Crippen molar-refractivity contribution < 1.29 is 5.11 Å². The van der Waals surface area contributed by atoms with Crippen molar-refractivity contribution in [3.8, 4) is 5.75 Å². The van der Waals surface area contributed by atoms with Gasteiger partial charge in [-0.3, -0.25) is 0 Å². The van der Waals surface area contributed by atoms with E-state index in [9.17, 15) is 5.11 Å². The molecule has 2 aromatic carbocycles. The molecule has 0 aliphatic rings. The van der Waals surface area contributed by atoms with Gasteiger partial charge in [0.15, 0.2) is 0 Å². The molecule has 1 heteroatoms. The van der Waals surface area contributed by atoms with Crippen LogP contribution in [0.4, 0.5) is 0 Å². The summed E-state index contributed by atoms with van der Waals surface area (Å²) in [5.74, 6) is 3.30. The smallest absolute Gasteiger partial charge is 0.121 e. The third kappa shape index (κ3) is 11.2. The van der Waals surface area contributed by atoms with Gasteiger partial charge in [0.2, 0.25) is 0 Å². The van der Waals surface area contributed by atoms with Crippen LogP contribution in [0.5, 0.6) is 5.75 Å². The summed E-state index contributed by atoms with van der Waals surface area (Å²) in [7, 11) is 0. The van der Waals surface area contributed by atoms with E-state index >= 15 is 0 Å². The van der Waals surface area contributed by atoms with Gasteiger partial charge in [-0.2, -0.15) is 0 Å². The topological polar surface area (TPSA) is 20.2 Å². The molecule has 35 heavy (non-hydrogen) atoms. The Morgan fingerprint density at radius 1 is 0.514 bits per heavy atom. The van der Waals surface area contributed by atoms with Crippen LogP contribution < -0.4 is 0 Å². The van der Waals surface area contributed by atoms with Gasteiger partial charge >= 0.3 is 0 Å². The summed E-state index contributed by atoms with van der Waals surface area (Å²) in [6, 6.07) is 13.1. The lowest BCUT2D eigenvalue weighted by molar-refractivity contribution is 0.455. The fourth-order valence-corrected chi connectivity index (χ4v) is 4.61. The van der Waals surface area contributed by atoms with Crippen molar-refractivity contribution >= 4 is 0 Å². The molecule has 1 nitrogen and oxygen atoms in total. The van der Waals surface area contributed by atoms with E-state index in [1.165, 1.54) is 41.5 Å². The van der Waals surface area contributed by atoms with Crippen molar-refractivity contribution in [2.45, 2.75) is 120 Å². The van der Waals surface area contributed by atoms with Crippen molar-refractivity contribution in [3.05, 3.63) is 63.7 Å². The molecule has 0 spiro atoms. The molecular weight excluding hydrogens is 424 g/mol. The quantitative estimate of drug-likeness (QED) is 0.271. The molecule has 0 bridgehead atoms. The third-order valence-electron chi connectivity index (χ3n) is 7.03. The van der Waals surface area contributed by atoms with Crippen molar-refractivity contribution in [3.63, 3.8) is 0 Å². The van der Waals surface area contributed by atoms with E-state index in [4.69, 9.17) is 0 Å². The zero-order valence-corrected chi connectivity index (χ0v) is 24.1. The van der Waals surface area contributed by atoms with Gasteiger partial charge in [0.25, 0.3) is 0 Å². The number of phenols is 1. The lowest BCUT2D eigenvalue weighted by Gasteiger charge is -2.16. The lowest BCUT2D eigenvalue weighted by Crippen LogP contribution is -2.03. The summed E-state index contributed by atoms with van der Waals surface area (Å²) in [6.45, 7) is 18.3. The van der Waals surface area contributed by atoms with Gasteiger partial charge in [-0.15, -0.1) is 0 Å². The molecule has 0 saturated carbocycles. The van der Waals surface area contributed by atoms with Gasteiger partial charge in [0, 0.05) is 0 Å². The van der Waals surface area contributed by atoms with Crippen LogP contribution in [0.1, 0.15) is 114 Å². The van der Waals surface area contributed by atoms with Crippen LogP contribution in [0.3, 0.4) is 0 Å². The maximum atomic E-state index is 11.2. The Bertz CT molecular complexity index is 857. The van der Waals surface area contributed by atoms with Crippen LogP contribution in [-0.2, 0) is 38.5 Å². The van der Waals surface area contributed by atoms with Gasteiger partial charge in [0.05, 0.1) is 0 Å². The summed E-state index contributed by atoms with van der Waals surface area (Å²) in [4.78, 5) is 0. The average Bonchev–Trinajstić information content (AvgIpc) is 2.78. The zero-order chi connectivity index (χ0) is 26.0. The highest BCUT2D eigenvalue weighted by atomic mass is 16.3. The molecule has 195 valence electrons. The molecule has 0 aliphatic carbocycles. The van der Waals surface area contributed by atoms with Crippen LogP contribution in [0.15, 0.2) is 24.3 Å². The first kappa shape index (κ1) is 29.5. The fraction of sp³-hybridized carbons (Fsp3) is 0.647. The van der Waals surface area contributed by atoms with Crippen LogP contribution in [0.2, 0.25) is 0 Å². The first-order valence-electron chi connectivity index (χ1n) is 14.4. The highest BCUT2D eigenvalue weighted by molar-refractivity contribution is 5.45. The summed E-state index contributed by atoms with van der Waals surface area (Å²) in [6.07, 6.45) is 10.9. The molecule has 0 aliphatic heterocycles. The van der Waals surface area contributed by atoms with Crippen molar-refractivity contribution in [1.29, 1.82) is 0 Å². The number of hydrogen-bond acceptors (Lipinski definition) is 1. The SMILES string of the molecule is CC(C)CCc1[c]c(CCc2cc(CCC(C)C)cc(CCC(C)C)c2O)cc(CCC(C)C)c1.